The van der Waals surface area contributed by atoms with Crippen LogP contribution in [0.1, 0.15) is 47.0 Å². The van der Waals surface area contributed by atoms with Crippen LogP contribution in [0.4, 0.5) is 13.2 Å². The van der Waals surface area contributed by atoms with Crippen molar-refractivity contribution >= 4 is 5.91 Å². The molecule has 1 amide bonds. The van der Waals surface area contributed by atoms with E-state index in [-0.39, 0.29) is 23.2 Å². The largest absolute Gasteiger partial charge is 0.416 e. The Balaban J connectivity index is 1.59. The predicted molar refractivity (Wildman–Crippen MR) is 103 cm³/mol. The highest BCUT2D eigenvalue weighted by molar-refractivity contribution is 5.78. The van der Waals surface area contributed by atoms with Gasteiger partial charge < -0.3 is 9.42 Å². The lowest BCUT2D eigenvalue weighted by molar-refractivity contribution is -0.137. The summed E-state index contributed by atoms with van der Waals surface area (Å²) < 4.78 is 44.3. The van der Waals surface area contributed by atoms with Crippen molar-refractivity contribution in [3.05, 3.63) is 70.6 Å². The summed E-state index contributed by atoms with van der Waals surface area (Å²) in [6.45, 7) is 4.45. The number of halogens is 3. The van der Waals surface area contributed by atoms with Crippen molar-refractivity contribution in [2.24, 2.45) is 0 Å². The second-order valence-electron chi connectivity index (χ2n) is 7.53. The van der Waals surface area contributed by atoms with Gasteiger partial charge in [0.05, 0.1) is 5.56 Å². The highest BCUT2D eigenvalue weighted by atomic mass is 19.4. The first-order valence-electron chi connectivity index (χ1n) is 9.59. The third kappa shape index (κ3) is 3.94. The molecule has 156 valence electrons. The lowest BCUT2D eigenvalue weighted by atomic mass is 10.1. The summed E-state index contributed by atoms with van der Waals surface area (Å²) >= 11 is 0. The van der Waals surface area contributed by atoms with E-state index in [0.717, 1.165) is 23.3 Å². The van der Waals surface area contributed by atoms with E-state index < -0.39 is 17.8 Å². The molecule has 1 fully saturated rings. The van der Waals surface area contributed by atoms with Crippen LogP contribution in [0.15, 0.2) is 47.0 Å². The van der Waals surface area contributed by atoms with Crippen LogP contribution in [-0.4, -0.2) is 20.9 Å². The Hall–Kier alpha value is -3.16. The number of alkyl halides is 3. The molecule has 0 saturated carbocycles. The number of rotatable bonds is 4. The van der Waals surface area contributed by atoms with Gasteiger partial charge in [-0.25, -0.2) is 0 Å². The van der Waals surface area contributed by atoms with Crippen LogP contribution in [0.2, 0.25) is 0 Å². The highest BCUT2D eigenvalue weighted by Gasteiger charge is 2.36. The van der Waals surface area contributed by atoms with Gasteiger partial charge >= 0.3 is 6.18 Å². The minimum Gasteiger partial charge on any atom is -0.337 e. The normalized spacial score (nSPS) is 17.0. The van der Waals surface area contributed by atoms with Crippen LogP contribution in [-0.2, 0) is 17.5 Å². The Morgan fingerprint density at radius 2 is 1.93 bits per heavy atom. The first-order valence-corrected chi connectivity index (χ1v) is 9.59. The quantitative estimate of drug-likeness (QED) is 0.585. The fraction of sp³-hybridized carbons (Fsp3) is 0.318. The number of aryl methyl sites for hydroxylation is 2. The van der Waals surface area contributed by atoms with E-state index in [1.54, 1.807) is 4.90 Å². The molecule has 8 heteroatoms. The van der Waals surface area contributed by atoms with E-state index in [1.807, 2.05) is 32.0 Å². The third-order valence-corrected chi connectivity index (χ3v) is 5.43. The van der Waals surface area contributed by atoms with Crippen molar-refractivity contribution in [2.45, 2.75) is 45.5 Å². The van der Waals surface area contributed by atoms with Crippen molar-refractivity contribution in [3.63, 3.8) is 0 Å². The molecule has 1 unspecified atom stereocenters. The van der Waals surface area contributed by atoms with E-state index in [2.05, 4.69) is 10.1 Å². The number of amides is 1. The van der Waals surface area contributed by atoms with Crippen LogP contribution in [0.3, 0.4) is 0 Å². The van der Waals surface area contributed by atoms with Gasteiger partial charge in [0.15, 0.2) is 0 Å². The van der Waals surface area contributed by atoms with Crippen LogP contribution in [0, 0.1) is 13.8 Å². The van der Waals surface area contributed by atoms with E-state index in [9.17, 15) is 18.0 Å². The minimum absolute atomic E-state index is 0.0166. The third-order valence-electron chi connectivity index (χ3n) is 5.43. The average Bonchev–Trinajstić information content (AvgIpc) is 3.32. The van der Waals surface area contributed by atoms with Gasteiger partial charge in [0.1, 0.15) is 6.04 Å². The number of hydrogen-bond acceptors (Lipinski definition) is 4. The van der Waals surface area contributed by atoms with Crippen molar-refractivity contribution in [2.75, 3.05) is 0 Å². The van der Waals surface area contributed by atoms with Gasteiger partial charge in [0.25, 0.3) is 0 Å². The topological polar surface area (TPSA) is 59.2 Å². The molecule has 0 radical (unpaired) electrons. The molecule has 0 aliphatic carbocycles. The van der Waals surface area contributed by atoms with Gasteiger partial charge in [0.2, 0.25) is 17.6 Å². The Morgan fingerprint density at radius 3 is 2.67 bits per heavy atom. The smallest absolute Gasteiger partial charge is 0.337 e. The molecular formula is C22H20F3N3O2. The molecule has 2 heterocycles. The molecule has 0 bridgehead atoms. The monoisotopic (exact) mass is 415 g/mol. The van der Waals surface area contributed by atoms with Gasteiger partial charge in [-0.2, -0.15) is 18.2 Å². The van der Waals surface area contributed by atoms with E-state index in [1.165, 1.54) is 17.7 Å². The first-order chi connectivity index (χ1) is 14.2. The van der Waals surface area contributed by atoms with E-state index in [4.69, 9.17) is 4.52 Å². The number of benzene rings is 2. The molecule has 30 heavy (non-hydrogen) atoms. The van der Waals surface area contributed by atoms with Crippen LogP contribution in [0.5, 0.6) is 0 Å². The van der Waals surface area contributed by atoms with E-state index >= 15 is 0 Å². The minimum atomic E-state index is -4.45. The van der Waals surface area contributed by atoms with Gasteiger partial charge in [-0.05, 0) is 49.1 Å². The number of aromatic nitrogens is 2. The maximum absolute atomic E-state index is 13.0. The van der Waals surface area contributed by atoms with Crippen molar-refractivity contribution in [1.82, 2.24) is 15.0 Å². The first kappa shape index (κ1) is 20.1. The SMILES string of the molecule is Cc1ccc(CN2C(=O)CCC2c2nc(-c3cccc(C(F)(F)F)c3)no2)cc1C. The Bertz CT molecular complexity index is 1090. The van der Waals surface area contributed by atoms with Gasteiger partial charge in [0, 0.05) is 18.5 Å². The Labute approximate surface area is 171 Å². The number of carbonyl (C=O) groups excluding carboxylic acids is 1. The van der Waals surface area contributed by atoms with Crippen LogP contribution >= 0.6 is 0 Å². The summed E-state index contributed by atoms with van der Waals surface area (Å²) in [5, 5.41) is 3.85. The predicted octanol–water partition coefficient (Wildman–Crippen LogP) is 5.24. The highest BCUT2D eigenvalue weighted by Crippen LogP contribution is 2.35. The van der Waals surface area contributed by atoms with Crippen molar-refractivity contribution in [3.8, 4) is 11.4 Å². The average molecular weight is 415 g/mol. The molecule has 0 N–H and O–H groups in total. The number of hydrogen-bond donors (Lipinski definition) is 0. The van der Waals surface area contributed by atoms with Crippen molar-refractivity contribution in [1.29, 1.82) is 0 Å². The number of nitrogens with zero attached hydrogens (tertiary/aromatic N) is 3. The van der Waals surface area contributed by atoms with Crippen molar-refractivity contribution < 1.29 is 22.5 Å². The molecule has 0 spiro atoms. The molecular weight excluding hydrogens is 395 g/mol. The van der Waals surface area contributed by atoms with Crippen LogP contribution < -0.4 is 0 Å². The number of likely N-dealkylation sites (tertiary alicyclic amines) is 1. The maximum Gasteiger partial charge on any atom is 0.416 e. The fourth-order valence-electron chi connectivity index (χ4n) is 3.61. The molecule has 2 aromatic carbocycles. The molecule has 1 saturated heterocycles. The Kier molecular flexibility index (Phi) is 5.09. The van der Waals surface area contributed by atoms with Crippen LogP contribution in [0.25, 0.3) is 11.4 Å². The lowest BCUT2D eigenvalue weighted by Gasteiger charge is -2.22. The summed E-state index contributed by atoms with van der Waals surface area (Å²) in [6, 6.07) is 10.4. The second-order valence-corrected chi connectivity index (χ2v) is 7.53. The summed E-state index contributed by atoms with van der Waals surface area (Å²) in [6.07, 6.45) is -3.58. The fourth-order valence-corrected chi connectivity index (χ4v) is 3.61. The zero-order chi connectivity index (χ0) is 21.5. The van der Waals surface area contributed by atoms with E-state index in [0.29, 0.717) is 19.4 Å². The molecule has 4 rings (SSSR count). The zero-order valence-electron chi connectivity index (χ0n) is 16.5. The molecule has 1 aromatic heterocycles. The Morgan fingerprint density at radius 1 is 1.13 bits per heavy atom. The maximum atomic E-state index is 13.0. The zero-order valence-corrected chi connectivity index (χ0v) is 16.5. The van der Waals surface area contributed by atoms with Gasteiger partial charge in [-0.3, -0.25) is 4.79 Å². The van der Waals surface area contributed by atoms with Gasteiger partial charge in [-0.15, -0.1) is 0 Å². The summed E-state index contributed by atoms with van der Waals surface area (Å²) in [7, 11) is 0. The summed E-state index contributed by atoms with van der Waals surface area (Å²) in [5.41, 5.74) is 2.74. The molecule has 1 aliphatic heterocycles. The molecule has 1 aliphatic rings. The lowest BCUT2D eigenvalue weighted by Crippen LogP contribution is -2.27. The molecule has 5 nitrogen and oxygen atoms in total. The molecule has 3 aromatic rings. The summed E-state index contributed by atoms with van der Waals surface area (Å²) in [5.74, 6) is 0.288. The number of carbonyl (C=O) groups is 1. The second kappa shape index (κ2) is 7.59. The van der Waals surface area contributed by atoms with Gasteiger partial charge in [-0.1, -0.05) is 35.5 Å². The molecule has 1 atom stereocenters. The summed E-state index contributed by atoms with van der Waals surface area (Å²) in [4.78, 5) is 18.4. The standard InChI is InChI=1S/C22H20F3N3O2/c1-13-6-7-15(10-14(13)2)12-28-18(8-9-19(28)29)21-26-20(27-30-21)16-4-3-5-17(11-16)22(23,24)25/h3-7,10-11,18H,8-9,12H2,1-2H3.